The highest BCUT2D eigenvalue weighted by atomic mass is 32.2. The number of aromatic nitrogens is 2. The third kappa shape index (κ3) is 3.42. The van der Waals surface area contributed by atoms with Crippen LogP contribution in [0.4, 0.5) is 0 Å². The molecule has 0 saturated carbocycles. The summed E-state index contributed by atoms with van der Waals surface area (Å²) in [6, 6.07) is 8.19. The van der Waals surface area contributed by atoms with E-state index in [0.717, 1.165) is 29.4 Å². The van der Waals surface area contributed by atoms with Gasteiger partial charge < -0.3 is 5.11 Å². The van der Waals surface area contributed by atoms with Crippen molar-refractivity contribution in [3.8, 4) is 5.69 Å². The van der Waals surface area contributed by atoms with E-state index in [9.17, 15) is 4.79 Å². The zero-order valence-corrected chi connectivity index (χ0v) is 12.5. The van der Waals surface area contributed by atoms with Gasteiger partial charge in [0.2, 0.25) is 0 Å². The Morgan fingerprint density at radius 3 is 2.85 bits per heavy atom. The minimum absolute atomic E-state index is 0.0202. The first-order valence-corrected chi connectivity index (χ1v) is 7.59. The number of aryl methyl sites for hydroxylation is 2. The topological polar surface area (TPSA) is 55.1 Å². The van der Waals surface area contributed by atoms with Crippen molar-refractivity contribution in [2.24, 2.45) is 0 Å². The molecule has 0 aliphatic carbocycles. The fraction of sp³-hybridized carbons (Fsp3) is 0.333. The van der Waals surface area contributed by atoms with Crippen LogP contribution in [0.1, 0.15) is 24.6 Å². The molecule has 2 rings (SSSR count). The molecule has 20 heavy (non-hydrogen) atoms. The van der Waals surface area contributed by atoms with Crippen molar-refractivity contribution >= 4 is 17.7 Å². The Bertz CT molecular complexity index is 608. The van der Waals surface area contributed by atoms with Crippen LogP contribution in [0.3, 0.4) is 0 Å². The van der Waals surface area contributed by atoms with Gasteiger partial charge >= 0.3 is 5.97 Å². The summed E-state index contributed by atoms with van der Waals surface area (Å²) in [5.41, 5.74) is 3.23. The van der Waals surface area contributed by atoms with Gasteiger partial charge in [0.25, 0.3) is 0 Å². The van der Waals surface area contributed by atoms with E-state index in [1.54, 1.807) is 0 Å². The monoisotopic (exact) mass is 290 g/mol. The Hall–Kier alpha value is -1.75. The molecule has 4 nitrogen and oxygen atoms in total. The normalized spacial score (nSPS) is 10.7. The van der Waals surface area contributed by atoms with Crippen LogP contribution in [-0.4, -0.2) is 26.4 Å². The number of carboxylic acids is 1. The Morgan fingerprint density at radius 2 is 2.15 bits per heavy atom. The fourth-order valence-corrected chi connectivity index (χ4v) is 2.85. The number of aliphatic carboxylic acids is 1. The van der Waals surface area contributed by atoms with Crippen molar-refractivity contribution in [3.05, 3.63) is 41.7 Å². The fourth-order valence-electron chi connectivity index (χ4n) is 2.10. The van der Waals surface area contributed by atoms with Crippen LogP contribution in [-0.2, 0) is 11.2 Å². The van der Waals surface area contributed by atoms with Gasteiger partial charge in [-0.05, 0) is 25.0 Å². The zero-order valence-electron chi connectivity index (χ0n) is 11.7. The number of imidazole rings is 1. The van der Waals surface area contributed by atoms with Crippen molar-refractivity contribution in [1.29, 1.82) is 0 Å². The molecule has 106 valence electrons. The van der Waals surface area contributed by atoms with E-state index in [1.807, 2.05) is 29.8 Å². The van der Waals surface area contributed by atoms with E-state index in [0.29, 0.717) is 0 Å². The van der Waals surface area contributed by atoms with Gasteiger partial charge in [-0.25, -0.2) is 4.98 Å². The van der Waals surface area contributed by atoms with Crippen LogP contribution >= 0.6 is 11.8 Å². The molecule has 0 aliphatic rings. The van der Waals surface area contributed by atoms with E-state index in [-0.39, 0.29) is 5.75 Å². The molecule has 0 amide bonds. The van der Waals surface area contributed by atoms with E-state index in [2.05, 4.69) is 24.0 Å². The largest absolute Gasteiger partial charge is 0.481 e. The van der Waals surface area contributed by atoms with Gasteiger partial charge in [0.15, 0.2) is 5.16 Å². The molecule has 0 fully saturated rings. The van der Waals surface area contributed by atoms with Gasteiger partial charge in [-0.2, -0.15) is 0 Å². The van der Waals surface area contributed by atoms with Crippen molar-refractivity contribution in [2.75, 3.05) is 5.75 Å². The van der Waals surface area contributed by atoms with Gasteiger partial charge in [-0.3, -0.25) is 9.36 Å². The molecule has 1 aromatic heterocycles. The molecule has 1 heterocycles. The molecule has 0 unspecified atom stereocenters. The maximum Gasteiger partial charge on any atom is 0.313 e. The summed E-state index contributed by atoms with van der Waals surface area (Å²) in [5, 5.41) is 9.55. The summed E-state index contributed by atoms with van der Waals surface area (Å²) in [6.07, 6.45) is 4.03. The van der Waals surface area contributed by atoms with Crippen LogP contribution in [0, 0.1) is 6.92 Å². The maximum absolute atomic E-state index is 10.7. The van der Waals surface area contributed by atoms with Crippen LogP contribution in [0.15, 0.2) is 35.6 Å². The Morgan fingerprint density at radius 1 is 1.40 bits per heavy atom. The second-order valence-electron chi connectivity index (χ2n) is 4.60. The molecule has 0 bridgehead atoms. The molecule has 1 aromatic carbocycles. The first-order chi connectivity index (χ1) is 9.61. The number of rotatable bonds is 6. The standard InChI is InChI=1S/C15H18N2O2S/c1-3-6-12-7-4-5-8-13(12)17-9-11(2)16-15(17)20-10-14(18)19/h4-5,7-9H,3,6,10H2,1-2H3,(H,18,19). The zero-order chi connectivity index (χ0) is 14.5. The average Bonchev–Trinajstić information content (AvgIpc) is 2.78. The number of carbonyl (C=O) groups is 1. The van der Waals surface area contributed by atoms with E-state index < -0.39 is 5.97 Å². The lowest BCUT2D eigenvalue weighted by Gasteiger charge is -2.11. The predicted octanol–water partition coefficient (Wildman–Crippen LogP) is 3.31. The highest BCUT2D eigenvalue weighted by molar-refractivity contribution is 7.99. The Balaban J connectivity index is 2.39. The summed E-state index contributed by atoms with van der Waals surface area (Å²) < 4.78 is 1.99. The minimum Gasteiger partial charge on any atom is -0.481 e. The van der Waals surface area contributed by atoms with Gasteiger partial charge in [0.05, 0.1) is 17.1 Å². The summed E-state index contributed by atoms with van der Waals surface area (Å²) in [6.45, 7) is 4.07. The van der Waals surface area contributed by atoms with Gasteiger partial charge in [-0.15, -0.1) is 0 Å². The molecule has 1 N–H and O–H groups in total. The third-order valence-corrected chi connectivity index (χ3v) is 3.83. The summed E-state index contributed by atoms with van der Waals surface area (Å²) in [5.74, 6) is -0.809. The first kappa shape index (κ1) is 14.7. The molecular weight excluding hydrogens is 272 g/mol. The smallest absolute Gasteiger partial charge is 0.313 e. The number of carboxylic acid groups (broad SMARTS) is 1. The Labute approximate surface area is 122 Å². The quantitative estimate of drug-likeness (QED) is 0.829. The SMILES string of the molecule is CCCc1ccccc1-n1cc(C)nc1SCC(=O)O. The van der Waals surface area contributed by atoms with Gasteiger partial charge in [0, 0.05) is 6.20 Å². The predicted molar refractivity (Wildman–Crippen MR) is 80.7 cm³/mol. The van der Waals surface area contributed by atoms with Crippen LogP contribution in [0.5, 0.6) is 0 Å². The Kier molecular flexibility index (Phi) is 4.84. The molecule has 0 radical (unpaired) electrons. The van der Waals surface area contributed by atoms with Crippen molar-refractivity contribution in [2.45, 2.75) is 31.8 Å². The summed E-state index contributed by atoms with van der Waals surface area (Å²) in [7, 11) is 0. The average molecular weight is 290 g/mol. The number of benzene rings is 1. The summed E-state index contributed by atoms with van der Waals surface area (Å²) in [4.78, 5) is 15.2. The van der Waals surface area contributed by atoms with E-state index in [4.69, 9.17) is 5.11 Å². The van der Waals surface area contributed by atoms with Crippen molar-refractivity contribution < 1.29 is 9.90 Å². The number of hydrogen-bond acceptors (Lipinski definition) is 3. The molecule has 0 atom stereocenters. The van der Waals surface area contributed by atoms with Crippen molar-refractivity contribution in [3.63, 3.8) is 0 Å². The van der Waals surface area contributed by atoms with Gasteiger partial charge in [0.1, 0.15) is 0 Å². The molecule has 0 aliphatic heterocycles. The van der Waals surface area contributed by atoms with Gasteiger partial charge in [-0.1, -0.05) is 43.3 Å². The van der Waals surface area contributed by atoms with Crippen LogP contribution in [0.25, 0.3) is 5.69 Å². The molecule has 2 aromatic rings. The van der Waals surface area contributed by atoms with Crippen LogP contribution < -0.4 is 0 Å². The lowest BCUT2D eigenvalue weighted by molar-refractivity contribution is -0.133. The van der Waals surface area contributed by atoms with E-state index in [1.165, 1.54) is 17.3 Å². The van der Waals surface area contributed by atoms with E-state index >= 15 is 0 Å². The number of para-hydroxylation sites is 1. The summed E-state index contributed by atoms with van der Waals surface area (Å²) >= 11 is 1.25. The second-order valence-corrected chi connectivity index (χ2v) is 5.54. The highest BCUT2D eigenvalue weighted by Crippen LogP contribution is 2.24. The second kappa shape index (κ2) is 6.61. The molecule has 0 saturated heterocycles. The lowest BCUT2D eigenvalue weighted by Crippen LogP contribution is -2.03. The molecule has 5 heteroatoms. The molecular formula is C15H18N2O2S. The number of hydrogen-bond donors (Lipinski definition) is 1. The maximum atomic E-state index is 10.7. The minimum atomic E-state index is -0.830. The highest BCUT2D eigenvalue weighted by Gasteiger charge is 2.12. The third-order valence-electron chi connectivity index (χ3n) is 2.89. The first-order valence-electron chi connectivity index (χ1n) is 6.60. The molecule has 0 spiro atoms. The number of nitrogens with zero attached hydrogens (tertiary/aromatic N) is 2. The lowest BCUT2D eigenvalue weighted by atomic mass is 10.1. The van der Waals surface area contributed by atoms with Crippen molar-refractivity contribution in [1.82, 2.24) is 9.55 Å². The number of thioether (sulfide) groups is 1. The van der Waals surface area contributed by atoms with Crippen LogP contribution in [0.2, 0.25) is 0 Å².